The first-order valence-electron chi connectivity index (χ1n) is 4.95. The number of hydrogen-bond donors (Lipinski definition) is 3. The number of nitrogens with one attached hydrogen (secondary N) is 3. The van der Waals surface area contributed by atoms with E-state index in [1.807, 2.05) is 0 Å². The van der Waals surface area contributed by atoms with Gasteiger partial charge in [-0.05, 0) is 12.8 Å². The number of piperidine rings is 1. The smallest absolute Gasteiger partial charge is 0.318 e. The zero-order valence-electron chi connectivity index (χ0n) is 8.53. The molecule has 2 rings (SSSR count). The minimum atomic E-state index is -0.221. The van der Waals surface area contributed by atoms with Crippen LogP contribution in [0.25, 0.3) is 0 Å². The number of urea groups is 1. The van der Waals surface area contributed by atoms with Gasteiger partial charge in [0, 0.05) is 19.6 Å². The second-order valence-corrected chi connectivity index (χ2v) is 3.70. The van der Waals surface area contributed by atoms with Crippen molar-refractivity contribution in [1.29, 1.82) is 5.41 Å². The Bertz CT molecular complexity index is 314. The van der Waals surface area contributed by atoms with Crippen molar-refractivity contribution in [1.82, 2.24) is 15.6 Å². The topological polar surface area (TPSA) is 92.9 Å². The molecule has 0 radical (unpaired) electrons. The van der Waals surface area contributed by atoms with Crippen molar-refractivity contribution < 1.29 is 4.79 Å². The fraction of sp³-hybridized carbons (Fsp3) is 0.750. The standard InChI is InChI=1S/C8H14N6O/c1-10-13-12-7(9)6-3-2-5-4-14(6)8(15)11-5/h5-6H,2-4H2,1H3,(H,11,15)(H2,9,10,12)/t5?,6-/m0/s1. The van der Waals surface area contributed by atoms with Crippen LogP contribution in [0.15, 0.2) is 10.3 Å². The Morgan fingerprint density at radius 3 is 3.20 bits per heavy atom. The van der Waals surface area contributed by atoms with Gasteiger partial charge in [-0.25, -0.2) is 4.79 Å². The summed E-state index contributed by atoms with van der Waals surface area (Å²) in [6.45, 7) is 0.682. The Kier molecular flexibility index (Phi) is 2.53. The van der Waals surface area contributed by atoms with Crippen LogP contribution in [0.5, 0.6) is 0 Å². The molecule has 82 valence electrons. The molecule has 2 amide bonds. The summed E-state index contributed by atoms with van der Waals surface area (Å²) in [6.07, 6.45) is 1.69. The molecule has 2 bridgehead atoms. The van der Waals surface area contributed by atoms with E-state index < -0.39 is 0 Å². The van der Waals surface area contributed by atoms with Crippen LogP contribution in [0, 0.1) is 5.41 Å². The average Bonchev–Trinajstić information content (AvgIpc) is 2.52. The van der Waals surface area contributed by atoms with E-state index in [0.29, 0.717) is 6.54 Å². The summed E-state index contributed by atoms with van der Waals surface area (Å²) >= 11 is 0. The van der Waals surface area contributed by atoms with Gasteiger partial charge in [0.2, 0.25) is 0 Å². The number of amides is 2. The number of hydrogen-bond acceptors (Lipinski definition) is 3. The SMILES string of the molecule is CN/N=N\C(=N)[C@@H]1CCC2CN1C(=O)N2. The molecular weight excluding hydrogens is 196 g/mol. The van der Waals surface area contributed by atoms with E-state index in [4.69, 9.17) is 5.41 Å². The molecule has 2 aliphatic rings. The fourth-order valence-corrected chi connectivity index (χ4v) is 2.03. The largest absolute Gasteiger partial charge is 0.333 e. The van der Waals surface area contributed by atoms with Crippen LogP contribution >= 0.6 is 0 Å². The zero-order chi connectivity index (χ0) is 10.8. The maximum absolute atomic E-state index is 11.5. The van der Waals surface area contributed by atoms with E-state index in [9.17, 15) is 4.79 Å². The van der Waals surface area contributed by atoms with Crippen molar-refractivity contribution in [3.8, 4) is 0 Å². The molecule has 0 spiro atoms. The van der Waals surface area contributed by atoms with E-state index in [-0.39, 0.29) is 24.0 Å². The molecule has 2 fully saturated rings. The molecule has 0 aromatic carbocycles. The minimum Gasteiger partial charge on any atom is -0.333 e. The van der Waals surface area contributed by atoms with Gasteiger partial charge >= 0.3 is 6.03 Å². The summed E-state index contributed by atoms with van der Waals surface area (Å²) in [5, 5.41) is 17.8. The van der Waals surface area contributed by atoms with Crippen LogP contribution in [0.3, 0.4) is 0 Å². The highest BCUT2D eigenvalue weighted by atomic mass is 16.2. The van der Waals surface area contributed by atoms with E-state index in [2.05, 4.69) is 21.1 Å². The maximum Gasteiger partial charge on any atom is 0.318 e. The summed E-state index contributed by atoms with van der Waals surface area (Å²) in [6, 6.07) is -0.0597. The highest BCUT2D eigenvalue weighted by molar-refractivity contribution is 5.90. The van der Waals surface area contributed by atoms with Gasteiger partial charge in [-0.15, -0.1) is 5.11 Å². The highest BCUT2D eigenvalue weighted by Crippen LogP contribution is 2.23. The van der Waals surface area contributed by atoms with Crippen LogP contribution in [0.4, 0.5) is 4.79 Å². The number of fused-ring (bicyclic) bond motifs is 2. The third-order valence-electron chi connectivity index (χ3n) is 2.74. The molecule has 0 aromatic heterocycles. The number of carbonyl (C=O) groups is 1. The first-order valence-corrected chi connectivity index (χ1v) is 4.95. The quantitative estimate of drug-likeness (QED) is 0.261. The molecule has 2 atom stereocenters. The first kappa shape index (κ1) is 9.88. The molecule has 0 aromatic rings. The van der Waals surface area contributed by atoms with Crippen LogP contribution in [-0.4, -0.2) is 42.4 Å². The third kappa shape index (κ3) is 1.77. The number of nitrogens with zero attached hydrogens (tertiary/aromatic N) is 3. The monoisotopic (exact) mass is 210 g/mol. The lowest BCUT2D eigenvalue weighted by Gasteiger charge is -2.28. The molecule has 1 unspecified atom stereocenters. The van der Waals surface area contributed by atoms with Gasteiger partial charge in [-0.1, -0.05) is 5.22 Å². The van der Waals surface area contributed by atoms with Gasteiger partial charge < -0.3 is 10.2 Å². The molecular formula is C8H14N6O. The lowest BCUT2D eigenvalue weighted by atomic mass is 10.0. The van der Waals surface area contributed by atoms with Crippen molar-refractivity contribution in [3.05, 3.63) is 0 Å². The number of rotatable bonds is 2. The summed E-state index contributed by atoms with van der Waals surface area (Å²) in [4.78, 5) is 13.1. The minimum absolute atomic E-state index is 0.0908. The molecule has 2 heterocycles. The summed E-state index contributed by atoms with van der Waals surface area (Å²) in [5.74, 6) is 0.139. The van der Waals surface area contributed by atoms with Crippen molar-refractivity contribution in [2.45, 2.75) is 24.9 Å². The van der Waals surface area contributed by atoms with Gasteiger partial charge in [0.05, 0.1) is 6.04 Å². The van der Waals surface area contributed by atoms with Crippen LogP contribution in [0.1, 0.15) is 12.8 Å². The lowest BCUT2D eigenvalue weighted by Crippen LogP contribution is -2.44. The van der Waals surface area contributed by atoms with Crippen LogP contribution in [-0.2, 0) is 0 Å². The molecule has 7 nitrogen and oxygen atoms in total. The lowest BCUT2D eigenvalue weighted by molar-refractivity contribution is 0.203. The maximum atomic E-state index is 11.5. The van der Waals surface area contributed by atoms with E-state index in [1.54, 1.807) is 11.9 Å². The summed E-state index contributed by atoms with van der Waals surface area (Å²) in [7, 11) is 1.62. The highest BCUT2D eigenvalue weighted by Gasteiger charge is 2.40. The second kappa shape index (κ2) is 3.84. The summed E-state index contributed by atoms with van der Waals surface area (Å²) < 4.78 is 0. The van der Waals surface area contributed by atoms with Crippen molar-refractivity contribution in [2.75, 3.05) is 13.6 Å². The molecule has 2 aliphatic heterocycles. The fourth-order valence-electron chi connectivity index (χ4n) is 2.03. The van der Waals surface area contributed by atoms with Gasteiger partial charge in [0.25, 0.3) is 0 Å². The average molecular weight is 210 g/mol. The normalized spacial score (nSPS) is 29.4. The first-order chi connectivity index (χ1) is 7.22. The van der Waals surface area contributed by atoms with Crippen LogP contribution < -0.4 is 10.7 Å². The Balaban J connectivity index is 2.06. The number of amidine groups is 1. The van der Waals surface area contributed by atoms with Gasteiger partial charge in [-0.3, -0.25) is 10.8 Å². The zero-order valence-corrected chi connectivity index (χ0v) is 8.53. The Labute approximate surface area is 87.4 Å². The third-order valence-corrected chi connectivity index (χ3v) is 2.74. The predicted molar refractivity (Wildman–Crippen MR) is 53.7 cm³/mol. The van der Waals surface area contributed by atoms with Crippen molar-refractivity contribution in [3.63, 3.8) is 0 Å². The van der Waals surface area contributed by atoms with E-state index in [0.717, 1.165) is 12.8 Å². The van der Waals surface area contributed by atoms with E-state index in [1.165, 1.54) is 0 Å². The Hall–Kier alpha value is -1.66. The number of carbonyl (C=O) groups excluding carboxylic acids is 1. The van der Waals surface area contributed by atoms with Crippen molar-refractivity contribution in [2.24, 2.45) is 10.3 Å². The molecule has 7 heteroatoms. The Morgan fingerprint density at radius 1 is 1.67 bits per heavy atom. The Morgan fingerprint density at radius 2 is 2.47 bits per heavy atom. The second-order valence-electron chi connectivity index (χ2n) is 3.70. The molecule has 15 heavy (non-hydrogen) atoms. The molecule has 0 aliphatic carbocycles. The van der Waals surface area contributed by atoms with Gasteiger partial charge in [0.15, 0.2) is 5.84 Å². The van der Waals surface area contributed by atoms with E-state index >= 15 is 0 Å². The predicted octanol–water partition coefficient (Wildman–Crippen LogP) is 0.106. The molecule has 0 saturated carbocycles. The van der Waals surface area contributed by atoms with Gasteiger partial charge in [-0.2, -0.15) is 0 Å². The molecule has 3 N–H and O–H groups in total. The summed E-state index contributed by atoms with van der Waals surface area (Å²) in [5.41, 5.74) is 2.49. The van der Waals surface area contributed by atoms with Gasteiger partial charge in [0.1, 0.15) is 0 Å². The van der Waals surface area contributed by atoms with Crippen molar-refractivity contribution >= 4 is 11.9 Å². The molecule has 2 saturated heterocycles. The van der Waals surface area contributed by atoms with Crippen LogP contribution in [0.2, 0.25) is 0 Å².